The van der Waals surface area contributed by atoms with Gasteiger partial charge in [0.05, 0.1) is 24.6 Å². The molecule has 1 aromatic rings. The van der Waals surface area contributed by atoms with Crippen LogP contribution in [0.2, 0.25) is 0 Å². The first-order chi connectivity index (χ1) is 6.06. The number of hydrogen-bond acceptors (Lipinski definition) is 5. The highest BCUT2D eigenvalue weighted by molar-refractivity contribution is 7.09. The second-order valence-electron chi connectivity index (χ2n) is 3.04. The van der Waals surface area contributed by atoms with Gasteiger partial charge in [-0.2, -0.15) is 0 Å². The van der Waals surface area contributed by atoms with Crippen LogP contribution in [-0.4, -0.2) is 18.1 Å². The quantitative estimate of drug-likeness (QED) is 0.735. The average molecular weight is 200 g/mol. The fourth-order valence-electron chi connectivity index (χ4n) is 0.957. The SMILES string of the molecule is COC(=O)C[C@](C)(N)c1cncs1. The molecule has 0 amide bonds. The molecule has 0 saturated heterocycles. The third-order valence-corrected chi connectivity index (χ3v) is 2.79. The summed E-state index contributed by atoms with van der Waals surface area (Å²) in [6.07, 6.45) is 1.85. The predicted octanol–water partition coefficient (Wildman–Crippen LogP) is 0.880. The van der Waals surface area contributed by atoms with Crippen LogP contribution in [0, 0.1) is 0 Å². The van der Waals surface area contributed by atoms with Gasteiger partial charge in [0.2, 0.25) is 0 Å². The Bertz CT molecular complexity index is 282. The van der Waals surface area contributed by atoms with Crippen LogP contribution in [0.4, 0.5) is 0 Å². The highest BCUT2D eigenvalue weighted by Crippen LogP contribution is 2.24. The molecule has 0 radical (unpaired) electrons. The largest absolute Gasteiger partial charge is 0.469 e. The Morgan fingerprint density at radius 1 is 1.85 bits per heavy atom. The Morgan fingerprint density at radius 3 is 3.00 bits per heavy atom. The average Bonchev–Trinajstić information content (AvgIpc) is 2.55. The molecular formula is C8H12N2O2S. The van der Waals surface area contributed by atoms with Crippen molar-refractivity contribution in [3.8, 4) is 0 Å². The van der Waals surface area contributed by atoms with Crippen molar-refractivity contribution >= 4 is 17.3 Å². The van der Waals surface area contributed by atoms with E-state index >= 15 is 0 Å². The standard InChI is InChI=1S/C8H12N2O2S/c1-8(9,3-7(11)12-2)6-4-10-5-13-6/h4-5H,3,9H2,1-2H3/t8-/m0/s1. The molecule has 13 heavy (non-hydrogen) atoms. The van der Waals surface area contributed by atoms with Crippen LogP contribution in [0.15, 0.2) is 11.7 Å². The van der Waals surface area contributed by atoms with E-state index in [-0.39, 0.29) is 12.4 Å². The Balaban J connectivity index is 2.72. The molecule has 0 spiro atoms. The van der Waals surface area contributed by atoms with Gasteiger partial charge in [-0.1, -0.05) is 0 Å². The molecule has 1 aromatic heterocycles. The lowest BCUT2D eigenvalue weighted by atomic mass is 9.98. The van der Waals surface area contributed by atoms with E-state index in [2.05, 4.69) is 9.72 Å². The van der Waals surface area contributed by atoms with E-state index in [1.54, 1.807) is 18.6 Å². The number of hydrogen-bond donors (Lipinski definition) is 1. The predicted molar refractivity (Wildman–Crippen MR) is 50.3 cm³/mol. The minimum Gasteiger partial charge on any atom is -0.469 e. The van der Waals surface area contributed by atoms with Crippen molar-refractivity contribution < 1.29 is 9.53 Å². The van der Waals surface area contributed by atoms with E-state index in [1.165, 1.54) is 18.4 Å². The van der Waals surface area contributed by atoms with Crippen LogP contribution in [-0.2, 0) is 15.1 Å². The van der Waals surface area contributed by atoms with Crippen LogP contribution in [0.25, 0.3) is 0 Å². The molecule has 1 heterocycles. The van der Waals surface area contributed by atoms with Crippen molar-refractivity contribution in [2.24, 2.45) is 5.73 Å². The van der Waals surface area contributed by atoms with Gasteiger partial charge in [0.25, 0.3) is 0 Å². The van der Waals surface area contributed by atoms with E-state index in [9.17, 15) is 4.79 Å². The Hall–Kier alpha value is -0.940. The van der Waals surface area contributed by atoms with Gasteiger partial charge in [0.1, 0.15) is 0 Å². The molecule has 4 nitrogen and oxygen atoms in total. The van der Waals surface area contributed by atoms with E-state index in [0.717, 1.165) is 4.88 Å². The molecule has 1 rings (SSSR count). The maximum absolute atomic E-state index is 11.0. The molecule has 0 unspecified atom stereocenters. The van der Waals surface area contributed by atoms with Crippen molar-refractivity contribution in [3.05, 3.63) is 16.6 Å². The number of carbonyl (C=O) groups is 1. The molecule has 0 bridgehead atoms. The highest BCUT2D eigenvalue weighted by Gasteiger charge is 2.26. The van der Waals surface area contributed by atoms with Gasteiger partial charge in [0, 0.05) is 11.1 Å². The summed E-state index contributed by atoms with van der Waals surface area (Å²) in [5.74, 6) is -0.307. The Kier molecular flexibility index (Phi) is 3.00. The molecule has 0 aliphatic heterocycles. The summed E-state index contributed by atoms with van der Waals surface area (Å²) in [6, 6.07) is 0. The summed E-state index contributed by atoms with van der Waals surface area (Å²) in [6.45, 7) is 1.79. The summed E-state index contributed by atoms with van der Waals surface area (Å²) in [5, 5.41) is 0. The molecule has 72 valence electrons. The Labute approximate surface area is 80.7 Å². The maximum Gasteiger partial charge on any atom is 0.307 e. The highest BCUT2D eigenvalue weighted by atomic mass is 32.1. The number of carbonyl (C=O) groups excluding carboxylic acids is 1. The zero-order chi connectivity index (χ0) is 9.90. The number of ether oxygens (including phenoxy) is 1. The zero-order valence-electron chi connectivity index (χ0n) is 7.61. The minimum absolute atomic E-state index is 0.172. The van der Waals surface area contributed by atoms with Crippen molar-refractivity contribution in [1.29, 1.82) is 0 Å². The van der Waals surface area contributed by atoms with Crippen molar-refractivity contribution in [2.75, 3.05) is 7.11 Å². The normalized spacial score (nSPS) is 15.0. The number of aromatic nitrogens is 1. The first-order valence-corrected chi connectivity index (χ1v) is 4.69. The van der Waals surface area contributed by atoms with Gasteiger partial charge >= 0.3 is 5.97 Å². The van der Waals surface area contributed by atoms with Gasteiger partial charge in [-0.25, -0.2) is 0 Å². The van der Waals surface area contributed by atoms with Crippen LogP contribution in [0.3, 0.4) is 0 Å². The van der Waals surface area contributed by atoms with E-state index in [1.807, 2.05) is 0 Å². The number of methoxy groups -OCH3 is 1. The monoisotopic (exact) mass is 200 g/mol. The smallest absolute Gasteiger partial charge is 0.307 e. The number of nitrogens with zero attached hydrogens (tertiary/aromatic N) is 1. The van der Waals surface area contributed by atoms with Gasteiger partial charge in [-0.3, -0.25) is 9.78 Å². The van der Waals surface area contributed by atoms with Crippen LogP contribution >= 0.6 is 11.3 Å². The molecule has 1 atom stereocenters. The second kappa shape index (κ2) is 3.85. The lowest BCUT2D eigenvalue weighted by Crippen LogP contribution is -2.35. The van der Waals surface area contributed by atoms with E-state index < -0.39 is 5.54 Å². The van der Waals surface area contributed by atoms with Crippen molar-refractivity contribution in [2.45, 2.75) is 18.9 Å². The molecule has 2 N–H and O–H groups in total. The fraction of sp³-hybridized carbons (Fsp3) is 0.500. The topological polar surface area (TPSA) is 65.2 Å². The number of nitrogens with two attached hydrogens (primary N) is 1. The van der Waals surface area contributed by atoms with Gasteiger partial charge in [0.15, 0.2) is 0 Å². The lowest BCUT2D eigenvalue weighted by Gasteiger charge is -2.20. The summed E-state index contributed by atoms with van der Waals surface area (Å²) < 4.78 is 4.55. The minimum atomic E-state index is -0.672. The third-order valence-electron chi connectivity index (χ3n) is 1.73. The zero-order valence-corrected chi connectivity index (χ0v) is 8.43. The second-order valence-corrected chi connectivity index (χ2v) is 3.92. The molecule has 5 heteroatoms. The number of thiazole rings is 1. The molecular weight excluding hydrogens is 188 g/mol. The first kappa shape index (κ1) is 10.1. The number of rotatable bonds is 3. The summed E-state index contributed by atoms with van der Waals surface area (Å²) >= 11 is 1.44. The van der Waals surface area contributed by atoms with E-state index in [4.69, 9.17) is 5.73 Å². The lowest BCUT2D eigenvalue weighted by molar-refractivity contribution is -0.141. The first-order valence-electron chi connectivity index (χ1n) is 3.81. The molecule has 0 fully saturated rings. The van der Waals surface area contributed by atoms with Crippen LogP contribution in [0.1, 0.15) is 18.2 Å². The van der Waals surface area contributed by atoms with Gasteiger partial charge < -0.3 is 10.5 Å². The number of esters is 1. The van der Waals surface area contributed by atoms with E-state index in [0.29, 0.717) is 0 Å². The van der Waals surface area contributed by atoms with Gasteiger partial charge in [-0.15, -0.1) is 11.3 Å². The molecule has 0 aliphatic rings. The van der Waals surface area contributed by atoms with Crippen molar-refractivity contribution in [1.82, 2.24) is 4.98 Å². The molecule has 0 aliphatic carbocycles. The third kappa shape index (κ3) is 2.50. The van der Waals surface area contributed by atoms with Gasteiger partial charge in [-0.05, 0) is 6.92 Å². The summed E-state index contributed by atoms with van der Waals surface area (Å²) in [4.78, 5) is 15.8. The summed E-state index contributed by atoms with van der Waals surface area (Å²) in [5.41, 5.74) is 6.95. The molecule has 0 aromatic carbocycles. The van der Waals surface area contributed by atoms with Crippen LogP contribution in [0.5, 0.6) is 0 Å². The maximum atomic E-state index is 11.0. The van der Waals surface area contributed by atoms with Crippen molar-refractivity contribution in [3.63, 3.8) is 0 Å². The summed E-state index contributed by atoms with van der Waals surface area (Å²) in [7, 11) is 1.35. The van der Waals surface area contributed by atoms with Crippen LogP contribution < -0.4 is 5.73 Å². The fourth-order valence-corrected chi connectivity index (χ4v) is 1.66. The molecule has 0 saturated carbocycles. The Morgan fingerprint density at radius 2 is 2.54 bits per heavy atom.